The van der Waals surface area contributed by atoms with Crippen molar-refractivity contribution >= 4 is 11.8 Å². The molecular formula is C21H24N4O6. The Morgan fingerprint density at radius 3 is 2.81 bits per heavy atom. The number of carbonyl (C=O) groups excluding carboxylic acids is 2. The molecule has 2 aliphatic rings. The molecule has 164 valence electrons. The molecule has 0 bridgehead atoms. The van der Waals surface area contributed by atoms with E-state index in [-0.39, 0.29) is 43.1 Å². The second kappa shape index (κ2) is 9.71. The lowest BCUT2D eigenvalue weighted by Crippen LogP contribution is -2.51. The smallest absolute Gasteiger partial charge is 0.271 e. The van der Waals surface area contributed by atoms with Crippen LogP contribution in [0.15, 0.2) is 36.8 Å². The van der Waals surface area contributed by atoms with Crippen LogP contribution in [0.4, 0.5) is 0 Å². The van der Waals surface area contributed by atoms with Crippen molar-refractivity contribution in [1.82, 2.24) is 20.6 Å². The lowest BCUT2D eigenvalue weighted by atomic mass is 9.97. The van der Waals surface area contributed by atoms with Crippen molar-refractivity contribution in [3.05, 3.63) is 48.0 Å². The molecular weight excluding hydrogens is 404 g/mol. The number of nitrogens with zero attached hydrogens (tertiary/aromatic N) is 2. The Hall–Kier alpha value is -3.24. The highest BCUT2D eigenvalue weighted by Crippen LogP contribution is 2.32. The van der Waals surface area contributed by atoms with E-state index in [4.69, 9.17) is 14.2 Å². The minimum atomic E-state index is -0.524. The predicted octanol–water partition coefficient (Wildman–Crippen LogP) is 0.664. The Morgan fingerprint density at radius 1 is 1.13 bits per heavy atom. The molecule has 2 aromatic rings. The zero-order valence-electron chi connectivity index (χ0n) is 16.8. The van der Waals surface area contributed by atoms with Crippen LogP contribution in [0.3, 0.4) is 0 Å². The van der Waals surface area contributed by atoms with Gasteiger partial charge in [-0.1, -0.05) is 0 Å². The molecule has 0 radical (unpaired) electrons. The van der Waals surface area contributed by atoms with Crippen molar-refractivity contribution in [3.8, 4) is 11.5 Å². The average Bonchev–Trinajstić information content (AvgIpc) is 3.28. The Bertz CT molecular complexity index is 925. The Labute approximate surface area is 178 Å². The Morgan fingerprint density at radius 2 is 2.00 bits per heavy atom. The van der Waals surface area contributed by atoms with Gasteiger partial charge in [0.05, 0.1) is 24.9 Å². The first-order valence-electron chi connectivity index (χ1n) is 10.1. The van der Waals surface area contributed by atoms with Crippen LogP contribution in [-0.2, 0) is 4.74 Å². The third kappa shape index (κ3) is 5.09. The van der Waals surface area contributed by atoms with Crippen molar-refractivity contribution in [2.45, 2.75) is 37.5 Å². The Kier molecular flexibility index (Phi) is 6.58. The van der Waals surface area contributed by atoms with E-state index in [1.807, 2.05) is 0 Å². The van der Waals surface area contributed by atoms with Crippen molar-refractivity contribution < 1.29 is 28.9 Å². The topological polar surface area (TPSA) is 132 Å². The molecule has 0 aliphatic carbocycles. The van der Waals surface area contributed by atoms with Crippen LogP contribution in [-0.4, -0.2) is 65.1 Å². The van der Waals surface area contributed by atoms with Crippen molar-refractivity contribution in [3.63, 3.8) is 0 Å². The maximum atomic E-state index is 12.4. The monoisotopic (exact) mass is 428 g/mol. The molecule has 1 saturated heterocycles. The zero-order chi connectivity index (χ0) is 21.6. The number of aliphatic hydroxyl groups excluding tert-OH is 1. The number of fused-ring (bicyclic) bond motifs is 1. The number of ether oxygens (including phenoxy) is 3. The fraction of sp³-hybridized carbons (Fsp3) is 0.429. The van der Waals surface area contributed by atoms with E-state index in [0.717, 1.165) is 0 Å². The van der Waals surface area contributed by atoms with Crippen molar-refractivity contribution in [2.75, 3.05) is 19.9 Å². The maximum absolute atomic E-state index is 12.4. The first-order valence-corrected chi connectivity index (χ1v) is 10.1. The summed E-state index contributed by atoms with van der Waals surface area (Å²) in [6.45, 7) is 0.365. The summed E-state index contributed by atoms with van der Waals surface area (Å²) in [5.41, 5.74) is 0.710. The molecule has 1 aromatic heterocycles. The number of benzene rings is 1. The highest BCUT2D eigenvalue weighted by molar-refractivity contribution is 5.95. The summed E-state index contributed by atoms with van der Waals surface area (Å²) in [6.07, 6.45) is 5.62. The average molecular weight is 428 g/mol. The summed E-state index contributed by atoms with van der Waals surface area (Å²) in [5, 5.41) is 15.4. The van der Waals surface area contributed by atoms with Crippen LogP contribution < -0.4 is 20.1 Å². The molecule has 0 saturated carbocycles. The summed E-state index contributed by atoms with van der Waals surface area (Å²) < 4.78 is 16.5. The standard InChI is InChI=1S/C21H24N4O6/c26-11-19-15(25-21(28)16-10-22-7-8-23-16)3-2-14(31-19)5-6-24-20(27)13-1-4-17-18(9-13)30-12-29-17/h1,4,7-10,14-15,19,26H,2-3,5-6,11-12H2,(H,24,27)(H,25,28)/t14-,15-,19-/m1/s1. The summed E-state index contributed by atoms with van der Waals surface area (Å²) in [6, 6.07) is 4.73. The second-order valence-corrected chi connectivity index (χ2v) is 7.34. The SMILES string of the molecule is O=C(NCC[C@H]1CC[C@@H](NC(=O)c2cnccn2)[C@@H](CO)O1)c1ccc2c(c1)OCO2. The van der Waals surface area contributed by atoms with E-state index in [0.29, 0.717) is 42.9 Å². The van der Waals surface area contributed by atoms with Gasteiger partial charge in [0.1, 0.15) is 11.8 Å². The third-order valence-electron chi connectivity index (χ3n) is 5.29. The highest BCUT2D eigenvalue weighted by atomic mass is 16.7. The van der Waals surface area contributed by atoms with Gasteiger partial charge >= 0.3 is 0 Å². The van der Waals surface area contributed by atoms with E-state index in [9.17, 15) is 14.7 Å². The molecule has 31 heavy (non-hydrogen) atoms. The fourth-order valence-electron chi connectivity index (χ4n) is 3.65. The zero-order valence-corrected chi connectivity index (χ0v) is 16.8. The normalized spacial score (nSPS) is 22.0. The number of carbonyl (C=O) groups is 2. The molecule has 2 aliphatic heterocycles. The first kappa shape index (κ1) is 21.0. The molecule has 0 unspecified atom stereocenters. The third-order valence-corrected chi connectivity index (χ3v) is 5.29. The molecule has 0 spiro atoms. The second-order valence-electron chi connectivity index (χ2n) is 7.34. The van der Waals surface area contributed by atoms with Gasteiger partial charge in [0.25, 0.3) is 11.8 Å². The van der Waals surface area contributed by atoms with E-state index in [1.165, 1.54) is 18.6 Å². The maximum Gasteiger partial charge on any atom is 0.271 e. The van der Waals surface area contributed by atoms with Crippen LogP contribution in [0, 0.1) is 0 Å². The summed E-state index contributed by atoms with van der Waals surface area (Å²) >= 11 is 0. The number of nitrogens with one attached hydrogen (secondary N) is 2. The number of aromatic nitrogens is 2. The van der Waals surface area contributed by atoms with Gasteiger partial charge in [-0.3, -0.25) is 14.6 Å². The predicted molar refractivity (Wildman–Crippen MR) is 108 cm³/mol. The summed E-state index contributed by atoms with van der Waals surface area (Å²) in [7, 11) is 0. The van der Waals surface area contributed by atoms with Gasteiger partial charge in [-0.15, -0.1) is 0 Å². The molecule has 10 heteroatoms. The van der Waals surface area contributed by atoms with E-state index in [2.05, 4.69) is 20.6 Å². The molecule has 3 atom stereocenters. The summed E-state index contributed by atoms with van der Waals surface area (Å²) in [4.78, 5) is 32.5. The molecule has 1 aromatic carbocycles. The van der Waals surface area contributed by atoms with Crippen LogP contribution in [0.25, 0.3) is 0 Å². The van der Waals surface area contributed by atoms with E-state index in [1.54, 1.807) is 18.2 Å². The largest absolute Gasteiger partial charge is 0.454 e. The van der Waals surface area contributed by atoms with Crippen molar-refractivity contribution in [2.24, 2.45) is 0 Å². The number of rotatable bonds is 7. The number of amides is 2. The van der Waals surface area contributed by atoms with Gasteiger partial charge in [0.2, 0.25) is 6.79 Å². The van der Waals surface area contributed by atoms with Gasteiger partial charge in [0, 0.05) is 24.5 Å². The molecule has 3 N–H and O–H groups in total. The van der Waals surface area contributed by atoms with Gasteiger partial charge in [-0.25, -0.2) is 4.98 Å². The Balaban J connectivity index is 1.23. The van der Waals surface area contributed by atoms with Crippen LogP contribution in [0.2, 0.25) is 0 Å². The fourth-order valence-corrected chi connectivity index (χ4v) is 3.65. The van der Waals surface area contributed by atoms with Crippen LogP contribution >= 0.6 is 0 Å². The van der Waals surface area contributed by atoms with E-state index >= 15 is 0 Å². The lowest BCUT2D eigenvalue weighted by molar-refractivity contribution is -0.0893. The molecule has 1 fully saturated rings. The number of aliphatic hydroxyl groups is 1. The van der Waals surface area contributed by atoms with Gasteiger partial charge in [-0.2, -0.15) is 0 Å². The van der Waals surface area contributed by atoms with Crippen LogP contribution in [0.1, 0.15) is 40.1 Å². The first-order chi connectivity index (χ1) is 15.1. The summed E-state index contributed by atoms with van der Waals surface area (Å²) in [5.74, 6) is 0.628. The van der Waals surface area contributed by atoms with Gasteiger partial charge < -0.3 is 30.0 Å². The number of hydrogen-bond donors (Lipinski definition) is 3. The van der Waals surface area contributed by atoms with Crippen molar-refractivity contribution in [1.29, 1.82) is 0 Å². The quantitative estimate of drug-likeness (QED) is 0.586. The molecule has 3 heterocycles. The molecule has 10 nitrogen and oxygen atoms in total. The van der Waals surface area contributed by atoms with Crippen LogP contribution in [0.5, 0.6) is 11.5 Å². The molecule has 2 amide bonds. The lowest BCUT2D eigenvalue weighted by Gasteiger charge is -2.36. The number of hydrogen-bond acceptors (Lipinski definition) is 8. The highest BCUT2D eigenvalue weighted by Gasteiger charge is 2.32. The van der Waals surface area contributed by atoms with Gasteiger partial charge in [0.15, 0.2) is 11.5 Å². The minimum absolute atomic E-state index is 0.126. The van der Waals surface area contributed by atoms with E-state index < -0.39 is 6.10 Å². The minimum Gasteiger partial charge on any atom is -0.454 e. The molecule has 4 rings (SSSR count). The van der Waals surface area contributed by atoms with Gasteiger partial charge in [-0.05, 0) is 37.5 Å².